The van der Waals surface area contributed by atoms with E-state index in [2.05, 4.69) is 0 Å². The highest BCUT2D eigenvalue weighted by molar-refractivity contribution is 6.23. The lowest BCUT2D eigenvalue weighted by molar-refractivity contribution is -0.132. The van der Waals surface area contributed by atoms with E-state index in [0.29, 0.717) is 11.4 Å². The maximum absolute atomic E-state index is 13.3. The molecule has 0 spiro atoms. The van der Waals surface area contributed by atoms with Gasteiger partial charge in [0.2, 0.25) is 5.91 Å². The highest BCUT2D eigenvalue weighted by atomic mass is 16.5. The van der Waals surface area contributed by atoms with E-state index in [0.717, 1.165) is 16.0 Å². The molecule has 0 radical (unpaired) electrons. The van der Waals surface area contributed by atoms with Gasteiger partial charge in [-0.15, -0.1) is 0 Å². The number of hydrogen-bond donors (Lipinski definition) is 0. The summed E-state index contributed by atoms with van der Waals surface area (Å²) in [5, 5.41) is 0. The summed E-state index contributed by atoms with van der Waals surface area (Å²) < 4.78 is 10.3. The van der Waals surface area contributed by atoms with E-state index in [4.69, 9.17) is 9.15 Å². The second-order valence-corrected chi connectivity index (χ2v) is 7.77. The Kier molecular flexibility index (Phi) is 6.08. The molecule has 8 nitrogen and oxygen atoms in total. The molecule has 0 N–H and O–H groups in total. The number of amides is 3. The minimum absolute atomic E-state index is 0.0894. The van der Waals surface area contributed by atoms with Gasteiger partial charge in [0.15, 0.2) is 5.76 Å². The number of nitrogens with zero attached hydrogens (tertiary/aromatic N) is 2. The van der Waals surface area contributed by atoms with Gasteiger partial charge in [-0.2, -0.15) is 0 Å². The zero-order valence-electron chi connectivity index (χ0n) is 18.2. The molecule has 0 aliphatic carbocycles. The molecule has 1 unspecified atom stereocenters. The summed E-state index contributed by atoms with van der Waals surface area (Å²) in [7, 11) is 0. The number of imide groups is 1. The van der Waals surface area contributed by atoms with Gasteiger partial charge in [-0.05, 0) is 48.9 Å². The first-order valence-electron chi connectivity index (χ1n) is 10.4. The molecule has 168 valence electrons. The third-order valence-electron chi connectivity index (χ3n) is 5.32. The van der Waals surface area contributed by atoms with Crippen molar-refractivity contribution in [2.75, 3.05) is 4.90 Å². The number of carbonyl (C=O) groups is 4. The minimum atomic E-state index is -0.982. The molecule has 1 fully saturated rings. The molecule has 0 saturated carbocycles. The van der Waals surface area contributed by atoms with E-state index in [1.165, 1.54) is 48.4 Å². The Labute approximate surface area is 190 Å². The molecular formula is C25H22N2O6. The topological polar surface area (TPSA) is 97.1 Å². The van der Waals surface area contributed by atoms with Crippen LogP contribution in [0.1, 0.15) is 35.0 Å². The fourth-order valence-electron chi connectivity index (χ4n) is 3.72. The highest BCUT2D eigenvalue weighted by Gasteiger charge is 2.45. The van der Waals surface area contributed by atoms with Crippen LogP contribution in [0.15, 0.2) is 71.3 Å². The Hall–Kier alpha value is -4.20. The van der Waals surface area contributed by atoms with Crippen LogP contribution in [-0.4, -0.2) is 34.6 Å². The molecule has 3 amide bonds. The lowest BCUT2D eigenvalue weighted by atomic mass is 10.1. The van der Waals surface area contributed by atoms with Crippen molar-refractivity contribution in [1.82, 2.24) is 4.90 Å². The Bertz CT molecular complexity index is 1180. The molecule has 0 bridgehead atoms. The summed E-state index contributed by atoms with van der Waals surface area (Å²) >= 11 is 0. The number of hydrogen-bond acceptors (Lipinski definition) is 6. The SMILES string of the molecule is CC(=O)Oc1ccc(N2C(=O)CC(N(Cc3ccc(C)cc3)C(=O)c3ccco3)C2=O)cc1. The number of rotatable bonds is 6. The van der Waals surface area contributed by atoms with Crippen LogP contribution in [0.3, 0.4) is 0 Å². The maximum Gasteiger partial charge on any atom is 0.308 e. The molecule has 3 aromatic rings. The largest absolute Gasteiger partial charge is 0.459 e. The van der Waals surface area contributed by atoms with Crippen molar-refractivity contribution in [3.8, 4) is 5.75 Å². The Morgan fingerprint density at radius 3 is 2.36 bits per heavy atom. The third-order valence-corrected chi connectivity index (χ3v) is 5.32. The Balaban J connectivity index is 1.62. The van der Waals surface area contributed by atoms with Crippen LogP contribution in [0.2, 0.25) is 0 Å². The maximum atomic E-state index is 13.3. The number of aryl methyl sites for hydroxylation is 1. The summed E-state index contributed by atoms with van der Waals surface area (Å²) in [5.41, 5.74) is 2.23. The Morgan fingerprint density at radius 2 is 1.76 bits per heavy atom. The molecule has 2 heterocycles. The molecule has 33 heavy (non-hydrogen) atoms. The molecule has 1 saturated heterocycles. The second-order valence-electron chi connectivity index (χ2n) is 7.77. The van der Waals surface area contributed by atoms with Gasteiger partial charge < -0.3 is 14.1 Å². The fraction of sp³-hybridized carbons (Fsp3) is 0.200. The predicted octanol–water partition coefficient (Wildman–Crippen LogP) is 3.49. The molecule has 1 aliphatic rings. The predicted molar refractivity (Wildman–Crippen MR) is 118 cm³/mol. The zero-order chi connectivity index (χ0) is 23.5. The van der Waals surface area contributed by atoms with Crippen molar-refractivity contribution in [2.24, 2.45) is 0 Å². The highest BCUT2D eigenvalue weighted by Crippen LogP contribution is 2.29. The first-order valence-corrected chi connectivity index (χ1v) is 10.4. The number of furan rings is 1. The van der Waals surface area contributed by atoms with Crippen LogP contribution >= 0.6 is 0 Å². The van der Waals surface area contributed by atoms with Gasteiger partial charge in [0.25, 0.3) is 11.8 Å². The van der Waals surface area contributed by atoms with Crippen molar-refractivity contribution in [3.63, 3.8) is 0 Å². The van der Waals surface area contributed by atoms with Gasteiger partial charge in [0.05, 0.1) is 18.4 Å². The Morgan fingerprint density at radius 1 is 1.06 bits per heavy atom. The van der Waals surface area contributed by atoms with Gasteiger partial charge in [-0.3, -0.25) is 19.2 Å². The molecule has 1 aromatic heterocycles. The number of ether oxygens (including phenoxy) is 1. The number of esters is 1. The van der Waals surface area contributed by atoms with E-state index in [1.807, 2.05) is 31.2 Å². The van der Waals surface area contributed by atoms with Crippen molar-refractivity contribution < 1.29 is 28.3 Å². The van der Waals surface area contributed by atoms with Gasteiger partial charge in [-0.1, -0.05) is 29.8 Å². The van der Waals surface area contributed by atoms with Crippen molar-refractivity contribution >= 4 is 29.4 Å². The lowest BCUT2D eigenvalue weighted by Crippen LogP contribution is -2.45. The van der Waals surface area contributed by atoms with E-state index < -0.39 is 29.7 Å². The minimum Gasteiger partial charge on any atom is -0.459 e. The van der Waals surface area contributed by atoms with E-state index in [1.54, 1.807) is 6.07 Å². The van der Waals surface area contributed by atoms with Gasteiger partial charge >= 0.3 is 5.97 Å². The number of benzene rings is 2. The third kappa shape index (κ3) is 4.69. The first kappa shape index (κ1) is 22.0. The summed E-state index contributed by atoms with van der Waals surface area (Å²) in [6.45, 7) is 3.38. The summed E-state index contributed by atoms with van der Waals surface area (Å²) in [6.07, 6.45) is 1.23. The lowest BCUT2D eigenvalue weighted by Gasteiger charge is -2.27. The molecule has 1 aliphatic heterocycles. The first-order chi connectivity index (χ1) is 15.8. The van der Waals surface area contributed by atoms with Crippen LogP contribution in [0.4, 0.5) is 5.69 Å². The summed E-state index contributed by atoms with van der Waals surface area (Å²) in [4.78, 5) is 52.9. The molecule has 2 aromatic carbocycles. The number of anilines is 1. The summed E-state index contributed by atoms with van der Waals surface area (Å²) in [5.74, 6) is -1.49. The second kappa shape index (κ2) is 9.12. The van der Waals surface area contributed by atoms with Crippen LogP contribution in [-0.2, 0) is 20.9 Å². The average molecular weight is 446 g/mol. The average Bonchev–Trinajstić information content (AvgIpc) is 3.42. The monoisotopic (exact) mass is 446 g/mol. The molecular weight excluding hydrogens is 424 g/mol. The van der Waals surface area contributed by atoms with Crippen molar-refractivity contribution in [1.29, 1.82) is 0 Å². The van der Waals surface area contributed by atoms with Gasteiger partial charge in [0, 0.05) is 13.5 Å². The van der Waals surface area contributed by atoms with Crippen molar-refractivity contribution in [3.05, 3.63) is 83.8 Å². The van der Waals surface area contributed by atoms with Gasteiger partial charge in [-0.25, -0.2) is 4.90 Å². The van der Waals surface area contributed by atoms with E-state index in [-0.39, 0.29) is 18.7 Å². The van der Waals surface area contributed by atoms with Gasteiger partial charge in [0.1, 0.15) is 11.8 Å². The number of carbonyl (C=O) groups excluding carboxylic acids is 4. The standard InChI is InChI=1S/C25H22N2O6/c1-16-5-7-18(8-6-16)15-26(25(31)22-4-3-13-32-22)21-14-23(29)27(24(21)30)19-9-11-20(12-10-19)33-17(2)28/h3-13,21H,14-15H2,1-2H3. The molecule has 8 heteroatoms. The van der Waals surface area contributed by atoms with Crippen LogP contribution in [0, 0.1) is 6.92 Å². The summed E-state index contributed by atoms with van der Waals surface area (Å²) in [6, 6.07) is 15.8. The van der Waals surface area contributed by atoms with Crippen LogP contribution in [0.5, 0.6) is 5.75 Å². The smallest absolute Gasteiger partial charge is 0.308 e. The van der Waals surface area contributed by atoms with E-state index >= 15 is 0 Å². The van der Waals surface area contributed by atoms with E-state index in [9.17, 15) is 19.2 Å². The fourth-order valence-corrected chi connectivity index (χ4v) is 3.72. The van der Waals surface area contributed by atoms with Crippen LogP contribution in [0.25, 0.3) is 0 Å². The molecule has 1 atom stereocenters. The van der Waals surface area contributed by atoms with Crippen molar-refractivity contribution in [2.45, 2.75) is 32.9 Å². The quantitative estimate of drug-likeness (QED) is 0.327. The molecule has 4 rings (SSSR count). The van der Waals surface area contributed by atoms with Crippen LogP contribution < -0.4 is 9.64 Å². The normalized spacial score (nSPS) is 15.6. The zero-order valence-corrected chi connectivity index (χ0v) is 18.2.